The van der Waals surface area contributed by atoms with Gasteiger partial charge in [0.15, 0.2) is 11.0 Å². The summed E-state index contributed by atoms with van der Waals surface area (Å²) in [7, 11) is 1.90. The van der Waals surface area contributed by atoms with Gasteiger partial charge in [-0.25, -0.2) is 14.5 Å². The number of ether oxygens (including phenoxy) is 1. The number of aryl methyl sites for hydroxylation is 2. The molecule has 3 heterocycles. The van der Waals surface area contributed by atoms with Crippen molar-refractivity contribution in [2.75, 3.05) is 6.61 Å². The maximum Gasteiger partial charge on any atom is 0.217 e. The Bertz CT molecular complexity index is 1430. The Kier molecular flexibility index (Phi) is 7.51. The molecule has 0 aliphatic carbocycles. The van der Waals surface area contributed by atoms with Gasteiger partial charge in [-0.05, 0) is 48.6 Å². The molecule has 35 heavy (non-hydrogen) atoms. The number of halogens is 1. The van der Waals surface area contributed by atoms with Crippen LogP contribution in [-0.4, -0.2) is 30.8 Å². The molecule has 0 fully saturated rings. The van der Waals surface area contributed by atoms with Gasteiger partial charge in [-0.2, -0.15) is 0 Å². The number of fused-ring (bicyclic) bond motifs is 1. The van der Waals surface area contributed by atoms with Crippen LogP contribution in [0.25, 0.3) is 33.9 Å². The van der Waals surface area contributed by atoms with Gasteiger partial charge >= 0.3 is 0 Å². The highest BCUT2D eigenvalue weighted by Crippen LogP contribution is 2.38. The Morgan fingerprint density at radius 1 is 1.17 bits per heavy atom. The van der Waals surface area contributed by atoms with E-state index in [-0.39, 0.29) is 0 Å². The molecular weight excluding hydrogens is 458 g/mol. The predicted octanol–water partition coefficient (Wildman–Crippen LogP) is 7.05. The maximum absolute atomic E-state index is 6.79. The summed E-state index contributed by atoms with van der Waals surface area (Å²) in [5, 5.41) is 5.10. The number of hydrogen-bond donors (Lipinski definition) is 0. The van der Waals surface area contributed by atoms with Crippen LogP contribution in [0.3, 0.4) is 0 Å². The van der Waals surface area contributed by atoms with Crippen LogP contribution in [0.2, 0.25) is 5.15 Å². The van der Waals surface area contributed by atoms with E-state index in [0.29, 0.717) is 28.9 Å². The highest BCUT2D eigenvalue weighted by molar-refractivity contribution is 6.33. The fraction of sp³-hybridized carbons (Fsp3) is 0.250. The molecule has 0 atom stereocenters. The Hall–Kier alpha value is -3.64. The Balaban J connectivity index is 1.88. The van der Waals surface area contributed by atoms with Crippen LogP contribution >= 0.6 is 11.6 Å². The van der Waals surface area contributed by atoms with E-state index in [1.165, 1.54) is 0 Å². The van der Waals surface area contributed by atoms with Crippen molar-refractivity contribution in [1.82, 2.24) is 24.1 Å². The first-order valence-corrected chi connectivity index (χ1v) is 12.1. The molecule has 0 aliphatic rings. The van der Waals surface area contributed by atoms with Gasteiger partial charge in [-0.1, -0.05) is 62.4 Å². The first-order chi connectivity index (χ1) is 16.9. The zero-order valence-corrected chi connectivity index (χ0v) is 21.4. The monoisotopic (exact) mass is 487 g/mol. The molecule has 0 unspecified atom stereocenters. The fourth-order valence-electron chi connectivity index (χ4n) is 3.98. The molecule has 0 bridgehead atoms. The molecule has 0 amide bonds. The highest BCUT2D eigenvalue weighted by atomic mass is 35.5. The van der Waals surface area contributed by atoms with Crippen molar-refractivity contribution in [2.24, 2.45) is 7.05 Å². The fourth-order valence-corrected chi connectivity index (χ4v) is 4.24. The summed E-state index contributed by atoms with van der Waals surface area (Å²) in [5.74, 6) is 1.92. The van der Waals surface area contributed by atoms with Gasteiger partial charge in [-0.3, -0.25) is 0 Å². The molecule has 4 aromatic rings. The number of imidazole rings is 1. The maximum atomic E-state index is 6.79. The predicted molar refractivity (Wildman–Crippen MR) is 143 cm³/mol. The van der Waals surface area contributed by atoms with E-state index in [2.05, 4.69) is 55.5 Å². The van der Waals surface area contributed by atoms with Crippen molar-refractivity contribution < 1.29 is 4.74 Å². The first kappa shape index (κ1) is 24.5. The number of allylic oxidation sites excluding steroid dienone is 4. The Labute approximate surface area is 211 Å². The van der Waals surface area contributed by atoms with Crippen molar-refractivity contribution in [3.8, 4) is 22.8 Å². The van der Waals surface area contributed by atoms with Crippen molar-refractivity contribution >= 4 is 22.7 Å². The Morgan fingerprint density at radius 2 is 1.97 bits per heavy atom. The zero-order valence-electron chi connectivity index (χ0n) is 20.6. The van der Waals surface area contributed by atoms with Crippen LogP contribution in [0.15, 0.2) is 73.4 Å². The lowest BCUT2D eigenvalue weighted by atomic mass is 9.95. The number of rotatable bonds is 9. The minimum atomic E-state index is 0.342. The standard InChI is InChI=1S/C28H30ClN5O/c1-6-10-21(35-17-7-2)14-13-20(4)24-23(22-12-9-8-11-19(22)3)18-34-25(24)26(29)31-27(32-34)28-30-15-16-33(28)5/h8-16,18H,4,6-7,17H2,1-3,5H3/b14-13-,21-10+. The van der Waals surface area contributed by atoms with Gasteiger partial charge in [0, 0.05) is 36.8 Å². The minimum Gasteiger partial charge on any atom is -0.494 e. The van der Waals surface area contributed by atoms with E-state index in [4.69, 9.17) is 21.4 Å². The molecule has 180 valence electrons. The molecule has 1 aromatic carbocycles. The van der Waals surface area contributed by atoms with E-state index in [0.717, 1.165) is 46.4 Å². The molecule has 3 aromatic heterocycles. The molecule has 6 nitrogen and oxygen atoms in total. The number of nitrogens with zero attached hydrogens (tertiary/aromatic N) is 5. The molecule has 0 saturated heterocycles. The first-order valence-electron chi connectivity index (χ1n) is 11.8. The minimum absolute atomic E-state index is 0.342. The summed E-state index contributed by atoms with van der Waals surface area (Å²) < 4.78 is 9.53. The quantitative estimate of drug-likeness (QED) is 0.187. The summed E-state index contributed by atoms with van der Waals surface area (Å²) in [6.07, 6.45) is 13.4. The largest absolute Gasteiger partial charge is 0.494 e. The van der Waals surface area contributed by atoms with Crippen LogP contribution in [-0.2, 0) is 11.8 Å². The third-order valence-electron chi connectivity index (χ3n) is 5.69. The molecular formula is C28H30ClN5O. The molecule has 0 aliphatic heterocycles. The SMILES string of the molecule is C=C(/C=C\C(=C/CC)OCCC)c1c(-c2ccccc2C)cn2nc(-c3nccn3C)nc(Cl)c12. The van der Waals surface area contributed by atoms with E-state index >= 15 is 0 Å². The second kappa shape index (κ2) is 10.7. The van der Waals surface area contributed by atoms with Gasteiger partial charge < -0.3 is 9.30 Å². The Morgan fingerprint density at radius 3 is 2.66 bits per heavy atom. The van der Waals surface area contributed by atoms with Gasteiger partial charge in [0.1, 0.15) is 11.3 Å². The average Bonchev–Trinajstić information content (AvgIpc) is 3.44. The highest BCUT2D eigenvalue weighted by Gasteiger charge is 2.21. The number of aromatic nitrogens is 5. The topological polar surface area (TPSA) is 57.2 Å². The van der Waals surface area contributed by atoms with E-state index < -0.39 is 0 Å². The molecule has 0 spiro atoms. The summed E-state index contributed by atoms with van der Waals surface area (Å²) in [4.78, 5) is 8.97. The second-order valence-corrected chi connectivity index (χ2v) is 8.69. The van der Waals surface area contributed by atoms with Crippen LogP contribution in [0.4, 0.5) is 0 Å². The lowest BCUT2D eigenvalue weighted by Gasteiger charge is -2.10. The van der Waals surface area contributed by atoms with E-state index in [9.17, 15) is 0 Å². The van der Waals surface area contributed by atoms with Crippen molar-refractivity contribution in [3.05, 3.63) is 89.7 Å². The van der Waals surface area contributed by atoms with Crippen LogP contribution in [0.1, 0.15) is 37.8 Å². The zero-order chi connectivity index (χ0) is 24.9. The summed E-state index contributed by atoms with van der Waals surface area (Å²) in [6.45, 7) is 11.3. The molecule has 4 rings (SSSR count). The molecule has 0 saturated carbocycles. The van der Waals surface area contributed by atoms with Crippen LogP contribution in [0, 0.1) is 6.92 Å². The van der Waals surface area contributed by atoms with Crippen molar-refractivity contribution in [3.63, 3.8) is 0 Å². The van der Waals surface area contributed by atoms with Gasteiger partial charge in [0.05, 0.1) is 6.61 Å². The normalized spacial score (nSPS) is 12.1. The van der Waals surface area contributed by atoms with E-state index in [1.54, 1.807) is 10.7 Å². The number of hydrogen-bond acceptors (Lipinski definition) is 4. The molecule has 0 N–H and O–H groups in total. The van der Waals surface area contributed by atoms with Gasteiger partial charge in [0.2, 0.25) is 5.82 Å². The number of benzene rings is 1. The third kappa shape index (κ3) is 5.08. The third-order valence-corrected chi connectivity index (χ3v) is 5.96. The van der Waals surface area contributed by atoms with Gasteiger partial charge in [0.25, 0.3) is 0 Å². The lowest BCUT2D eigenvalue weighted by Crippen LogP contribution is -2.02. The smallest absolute Gasteiger partial charge is 0.217 e. The second-order valence-electron chi connectivity index (χ2n) is 8.34. The summed E-state index contributed by atoms with van der Waals surface area (Å²) >= 11 is 6.79. The molecule has 7 heteroatoms. The van der Waals surface area contributed by atoms with Gasteiger partial charge in [-0.15, -0.1) is 5.10 Å². The lowest BCUT2D eigenvalue weighted by molar-refractivity contribution is 0.224. The summed E-state index contributed by atoms with van der Waals surface area (Å²) in [6, 6.07) is 8.24. The van der Waals surface area contributed by atoms with Crippen LogP contribution < -0.4 is 0 Å². The van der Waals surface area contributed by atoms with Crippen molar-refractivity contribution in [2.45, 2.75) is 33.6 Å². The van der Waals surface area contributed by atoms with E-state index in [1.807, 2.05) is 48.3 Å². The van der Waals surface area contributed by atoms with Crippen LogP contribution in [0.5, 0.6) is 0 Å². The summed E-state index contributed by atoms with van der Waals surface area (Å²) in [5.41, 5.74) is 5.60. The average molecular weight is 488 g/mol. The van der Waals surface area contributed by atoms with Crippen molar-refractivity contribution in [1.29, 1.82) is 0 Å². The molecule has 0 radical (unpaired) electrons.